The molecule has 1 amide bonds. The minimum absolute atomic E-state index is 0.0638. The molecular weight excluding hydrogens is 312 g/mol. The first-order valence-corrected chi connectivity index (χ1v) is 9.10. The number of carbonyl (C=O) groups excluding carboxylic acids is 2. The van der Waals surface area contributed by atoms with Crippen LogP contribution in [0.1, 0.15) is 31.7 Å². The lowest BCUT2D eigenvalue weighted by atomic mass is 9.57. The van der Waals surface area contributed by atoms with E-state index in [-0.39, 0.29) is 29.1 Å². The van der Waals surface area contributed by atoms with Crippen LogP contribution in [0.2, 0.25) is 0 Å². The van der Waals surface area contributed by atoms with Crippen molar-refractivity contribution in [3.8, 4) is 6.07 Å². The van der Waals surface area contributed by atoms with Gasteiger partial charge in [0.15, 0.2) is 5.78 Å². The smallest absolute Gasteiger partial charge is 0.237 e. The van der Waals surface area contributed by atoms with E-state index < -0.39 is 5.41 Å². The lowest BCUT2D eigenvalue weighted by Gasteiger charge is -2.50. The van der Waals surface area contributed by atoms with Gasteiger partial charge in [0.2, 0.25) is 5.91 Å². The quantitative estimate of drug-likeness (QED) is 0.854. The molecule has 3 atom stereocenters. The molecule has 0 unspecified atom stereocenters. The number of hydrogen-bond acceptors (Lipinski definition) is 3. The van der Waals surface area contributed by atoms with E-state index in [0.29, 0.717) is 12.5 Å². The number of allylic oxidation sites excluding steroid dienone is 1. The standard InChI is InChI=1S/C21H22N2O2/c1-14-18-9-10-23(13-15-7-8-15)20(25)21(18,11-16(12-22)19(14)24)17-5-3-2-4-6-17/h2-6,11,14-15,18H,7-10,13H2,1H3/t14-,18-,21+/m1/s1. The van der Waals surface area contributed by atoms with Crippen LogP contribution in [0.15, 0.2) is 42.0 Å². The number of ketones is 1. The van der Waals surface area contributed by atoms with Gasteiger partial charge in [-0.25, -0.2) is 0 Å². The van der Waals surface area contributed by atoms with E-state index >= 15 is 0 Å². The lowest BCUT2D eigenvalue weighted by molar-refractivity contribution is -0.145. The molecular formula is C21H22N2O2. The van der Waals surface area contributed by atoms with Gasteiger partial charge in [0.1, 0.15) is 6.07 Å². The van der Waals surface area contributed by atoms with Crippen molar-refractivity contribution in [3.63, 3.8) is 0 Å². The summed E-state index contributed by atoms with van der Waals surface area (Å²) in [4.78, 5) is 28.1. The minimum atomic E-state index is -0.882. The van der Waals surface area contributed by atoms with E-state index in [4.69, 9.17) is 0 Å². The number of Topliss-reactive ketones (excluding diaryl/α,β-unsaturated/α-hetero) is 1. The first-order valence-electron chi connectivity index (χ1n) is 9.10. The Bertz CT molecular complexity index is 788. The summed E-state index contributed by atoms with van der Waals surface area (Å²) in [5.74, 6) is 0.168. The molecule has 1 saturated heterocycles. The number of nitriles is 1. The second-order valence-electron chi connectivity index (χ2n) is 7.65. The molecule has 2 fully saturated rings. The average molecular weight is 334 g/mol. The summed E-state index contributed by atoms with van der Waals surface area (Å²) in [6.45, 7) is 3.39. The molecule has 1 aromatic rings. The number of hydrogen-bond donors (Lipinski definition) is 0. The van der Waals surface area contributed by atoms with Gasteiger partial charge in [0.25, 0.3) is 0 Å². The highest BCUT2D eigenvalue weighted by Gasteiger charge is 2.56. The molecule has 1 saturated carbocycles. The fraction of sp³-hybridized carbons (Fsp3) is 0.476. The van der Waals surface area contributed by atoms with E-state index in [1.807, 2.05) is 48.2 Å². The Morgan fingerprint density at radius 3 is 2.56 bits per heavy atom. The summed E-state index contributed by atoms with van der Waals surface area (Å²) in [6.07, 6.45) is 4.87. The van der Waals surface area contributed by atoms with Gasteiger partial charge in [0.05, 0.1) is 11.0 Å². The lowest BCUT2D eigenvalue weighted by Crippen LogP contribution is -2.59. The highest BCUT2D eigenvalue weighted by Crippen LogP contribution is 2.49. The molecule has 128 valence electrons. The first kappa shape index (κ1) is 16.1. The first-order chi connectivity index (χ1) is 12.1. The van der Waals surface area contributed by atoms with Gasteiger partial charge in [-0.2, -0.15) is 5.26 Å². The number of likely N-dealkylation sites (tertiary alicyclic amines) is 1. The summed E-state index contributed by atoms with van der Waals surface area (Å²) in [7, 11) is 0. The molecule has 4 heteroatoms. The van der Waals surface area contributed by atoms with Crippen LogP contribution in [0.3, 0.4) is 0 Å². The third-order valence-corrected chi connectivity index (χ3v) is 6.14. The number of piperidine rings is 1. The predicted molar refractivity (Wildman–Crippen MR) is 93.4 cm³/mol. The molecule has 1 aliphatic heterocycles. The predicted octanol–water partition coefficient (Wildman–Crippen LogP) is 2.85. The molecule has 0 N–H and O–H groups in total. The summed E-state index contributed by atoms with van der Waals surface area (Å²) in [5.41, 5.74) is 0.152. The SMILES string of the molecule is C[C@H]1C(=O)C(C#N)=C[C@@]2(c3ccccc3)C(=O)N(CC3CC3)CC[C@H]12. The number of benzene rings is 1. The fourth-order valence-corrected chi connectivity index (χ4v) is 4.59. The van der Waals surface area contributed by atoms with Crippen molar-refractivity contribution in [1.29, 1.82) is 5.26 Å². The van der Waals surface area contributed by atoms with E-state index in [9.17, 15) is 14.9 Å². The summed E-state index contributed by atoms with van der Waals surface area (Å²) in [6, 6.07) is 11.7. The van der Waals surface area contributed by atoms with Crippen LogP contribution >= 0.6 is 0 Å². The molecule has 3 aliphatic rings. The van der Waals surface area contributed by atoms with Gasteiger partial charge in [-0.15, -0.1) is 0 Å². The second-order valence-corrected chi connectivity index (χ2v) is 7.65. The monoisotopic (exact) mass is 334 g/mol. The number of fused-ring (bicyclic) bond motifs is 1. The molecule has 4 nitrogen and oxygen atoms in total. The van der Waals surface area contributed by atoms with Crippen molar-refractivity contribution < 1.29 is 9.59 Å². The largest absolute Gasteiger partial charge is 0.341 e. The molecule has 1 aromatic carbocycles. The van der Waals surface area contributed by atoms with Crippen molar-refractivity contribution in [2.24, 2.45) is 17.8 Å². The number of rotatable bonds is 3. The molecule has 0 aromatic heterocycles. The fourth-order valence-electron chi connectivity index (χ4n) is 4.59. The van der Waals surface area contributed by atoms with Crippen molar-refractivity contribution in [2.45, 2.75) is 31.6 Å². The van der Waals surface area contributed by atoms with Gasteiger partial charge >= 0.3 is 0 Å². The van der Waals surface area contributed by atoms with Crippen LogP contribution in [0.25, 0.3) is 0 Å². The van der Waals surface area contributed by atoms with E-state index in [0.717, 1.165) is 18.5 Å². The number of carbonyl (C=O) groups is 2. The van der Waals surface area contributed by atoms with E-state index in [2.05, 4.69) is 0 Å². The summed E-state index contributed by atoms with van der Waals surface area (Å²) >= 11 is 0. The van der Waals surface area contributed by atoms with Crippen LogP contribution < -0.4 is 0 Å². The highest BCUT2D eigenvalue weighted by molar-refractivity contribution is 6.06. The van der Waals surface area contributed by atoms with Crippen LogP contribution in [0.4, 0.5) is 0 Å². The summed E-state index contributed by atoms with van der Waals surface area (Å²) < 4.78 is 0. The third kappa shape index (κ3) is 2.41. The minimum Gasteiger partial charge on any atom is -0.341 e. The van der Waals surface area contributed by atoms with Gasteiger partial charge < -0.3 is 4.90 Å². The molecule has 2 aliphatic carbocycles. The van der Waals surface area contributed by atoms with Crippen LogP contribution in [-0.2, 0) is 15.0 Å². The zero-order valence-electron chi connectivity index (χ0n) is 14.4. The van der Waals surface area contributed by atoms with Crippen LogP contribution in [0, 0.1) is 29.1 Å². The van der Waals surface area contributed by atoms with Gasteiger partial charge in [0, 0.05) is 19.0 Å². The highest BCUT2D eigenvalue weighted by atomic mass is 16.2. The van der Waals surface area contributed by atoms with Gasteiger partial charge in [-0.05, 0) is 42.7 Å². The second kappa shape index (κ2) is 5.84. The van der Waals surface area contributed by atoms with Crippen molar-refractivity contribution in [3.05, 3.63) is 47.5 Å². The molecule has 4 rings (SSSR count). The third-order valence-electron chi connectivity index (χ3n) is 6.14. The van der Waals surface area contributed by atoms with Gasteiger partial charge in [-0.1, -0.05) is 37.3 Å². The molecule has 0 spiro atoms. The van der Waals surface area contributed by atoms with Crippen molar-refractivity contribution >= 4 is 11.7 Å². The molecule has 25 heavy (non-hydrogen) atoms. The van der Waals surface area contributed by atoms with Crippen molar-refractivity contribution in [1.82, 2.24) is 4.90 Å². The zero-order chi connectivity index (χ0) is 17.6. The molecule has 1 heterocycles. The Balaban J connectivity index is 1.87. The van der Waals surface area contributed by atoms with E-state index in [1.165, 1.54) is 12.8 Å². The Kier molecular flexibility index (Phi) is 3.76. The topological polar surface area (TPSA) is 61.2 Å². The van der Waals surface area contributed by atoms with E-state index in [1.54, 1.807) is 6.08 Å². The number of amides is 1. The Morgan fingerprint density at radius 2 is 1.92 bits per heavy atom. The van der Waals surface area contributed by atoms with Gasteiger partial charge in [-0.3, -0.25) is 9.59 Å². The van der Waals surface area contributed by atoms with Crippen molar-refractivity contribution in [2.75, 3.05) is 13.1 Å². The van der Waals surface area contributed by atoms with Crippen LogP contribution in [-0.4, -0.2) is 29.7 Å². The zero-order valence-corrected chi connectivity index (χ0v) is 14.4. The Hall–Kier alpha value is -2.41. The number of nitrogens with zero attached hydrogens (tertiary/aromatic N) is 2. The van der Waals surface area contributed by atoms with Crippen LogP contribution in [0.5, 0.6) is 0 Å². The Labute approximate surface area is 148 Å². The molecule has 0 radical (unpaired) electrons. The normalized spacial score (nSPS) is 32.0. The average Bonchev–Trinajstić information content (AvgIpc) is 3.45. The maximum Gasteiger partial charge on any atom is 0.237 e. The molecule has 0 bridgehead atoms. The maximum absolute atomic E-state index is 13.6. The Morgan fingerprint density at radius 1 is 1.20 bits per heavy atom. The summed E-state index contributed by atoms with van der Waals surface area (Å²) in [5, 5.41) is 9.47. The maximum atomic E-state index is 13.6.